The van der Waals surface area contributed by atoms with Gasteiger partial charge >= 0.3 is 0 Å². The molecule has 0 spiro atoms. The van der Waals surface area contributed by atoms with E-state index in [9.17, 15) is 0 Å². The van der Waals surface area contributed by atoms with E-state index in [1.807, 2.05) is 30.5 Å². The van der Waals surface area contributed by atoms with E-state index >= 15 is 0 Å². The molecule has 2 aromatic rings. The second-order valence-corrected chi connectivity index (χ2v) is 4.56. The van der Waals surface area contributed by atoms with Gasteiger partial charge in [-0.05, 0) is 6.07 Å². The number of rotatable bonds is 2. The van der Waals surface area contributed by atoms with E-state index in [0.717, 1.165) is 29.6 Å². The molecule has 0 aliphatic carbocycles. The number of para-hydroxylation sites is 1. The minimum atomic E-state index is -0.387. The van der Waals surface area contributed by atoms with Gasteiger partial charge in [0, 0.05) is 44.7 Å². The highest BCUT2D eigenvalue weighted by atomic mass is 16.5. The normalized spacial score (nSPS) is 18.9. The zero-order valence-electron chi connectivity index (χ0n) is 10.4. The summed E-state index contributed by atoms with van der Waals surface area (Å²) in [6, 6.07) is 8.00. The van der Waals surface area contributed by atoms with Crippen molar-refractivity contribution in [3.63, 3.8) is 0 Å². The molecule has 1 fully saturated rings. The van der Waals surface area contributed by atoms with Crippen molar-refractivity contribution in [3.8, 4) is 0 Å². The Morgan fingerprint density at radius 1 is 1.22 bits per heavy atom. The molecule has 94 valence electrons. The van der Waals surface area contributed by atoms with Crippen molar-refractivity contribution in [2.45, 2.75) is 18.4 Å². The van der Waals surface area contributed by atoms with Gasteiger partial charge in [-0.1, -0.05) is 18.2 Å². The summed E-state index contributed by atoms with van der Waals surface area (Å²) < 4.78 is 11.1. The van der Waals surface area contributed by atoms with E-state index in [4.69, 9.17) is 9.47 Å². The lowest BCUT2D eigenvalue weighted by molar-refractivity contribution is -0.0998. The molecule has 1 aromatic heterocycles. The Bertz CT molecular complexity index is 550. The van der Waals surface area contributed by atoms with Crippen LogP contribution in [0.15, 0.2) is 30.5 Å². The van der Waals surface area contributed by atoms with Crippen LogP contribution in [0.4, 0.5) is 0 Å². The van der Waals surface area contributed by atoms with Gasteiger partial charge in [0.15, 0.2) is 5.82 Å². The lowest BCUT2D eigenvalue weighted by Crippen LogP contribution is -2.37. The fraction of sp³-hybridized carbons (Fsp3) is 0.429. The molecule has 1 saturated heterocycles. The quantitative estimate of drug-likeness (QED) is 0.813. The molecule has 18 heavy (non-hydrogen) atoms. The van der Waals surface area contributed by atoms with Crippen LogP contribution in [0.2, 0.25) is 0 Å². The summed E-state index contributed by atoms with van der Waals surface area (Å²) in [5.74, 6) is 0.770. The van der Waals surface area contributed by atoms with Crippen molar-refractivity contribution in [2.24, 2.45) is 0 Å². The predicted molar refractivity (Wildman–Crippen MR) is 68.3 cm³/mol. The molecule has 4 heteroatoms. The zero-order chi connectivity index (χ0) is 12.4. The zero-order valence-corrected chi connectivity index (χ0v) is 10.4. The molecule has 3 rings (SSSR count). The number of nitrogens with zero attached hydrogens (tertiary/aromatic N) is 2. The van der Waals surface area contributed by atoms with Gasteiger partial charge in [-0.2, -0.15) is 0 Å². The van der Waals surface area contributed by atoms with Crippen LogP contribution in [0.25, 0.3) is 10.9 Å². The van der Waals surface area contributed by atoms with Crippen molar-refractivity contribution in [2.75, 3.05) is 20.3 Å². The molecular formula is C14H16N2O2. The predicted octanol–water partition coefficient (Wildman–Crippen LogP) is 2.28. The topological polar surface area (TPSA) is 44.2 Å². The monoisotopic (exact) mass is 244 g/mol. The molecule has 1 aliphatic rings. The average Bonchev–Trinajstić information content (AvgIpc) is 2.47. The summed E-state index contributed by atoms with van der Waals surface area (Å²) in [6.07, 6.45) is 3.48. The summed E-state index contributed by atoms with van der Waals surface area (Å²) in [6.45, 7) is 1.40. The minimum absolute atomic E-state index is 0.387. The maximum atomic E-state index is 5.71. The lowest BCUT2D eigenvalue weighted by atomic mass is 9.93. The standard InChI is InChI=1S/C14H16N2O2/c1-17-14(6-8-18-9-7-14)13-15-10-11-4-2-3-5-12(11)16-13/h2-5,10H,6-9H2,1H3. The van der Waals surface area contributed by atoms with Crippen molar-refractivity contribution in [1.29, 1.82) is 0 Å². The Balaban J connectivity index is 2.06. The molecule has 0 atom stereocenters. The number of benzene rings is 1. The third kappa shape index (κ3) is 1.87. The molecule has 0 saturated carbocycles. The Labute approximate surface area is 106 Å². The summed E-state index contributed by atoms with van der Waals surface area (Å²) in [5, 5.41) is 1.06. The number of hydrogen-bond acceptors (Lipinski definition) is 4. The fourth-order valence-electron chi connectivity index (χ4n) is 2.41. The summed E-state index contributed by atoms with van der Waals surface area (Å²) >= 11 is 0. The smallest absolute Gasteiger partial charge is 0.161 e. The molecule has 1 aliphatic heterocycles. The highest BCUT2D eigenvalue weighted by molar-refractivity contribution is 5.77. The minimum Gasteiger partial charge on any atom is -0.381 e. The van der Waals surface area contributed by atoms with Gasteiger partial charge in [0.05, 0.1) is 5.52 Å². The third-order valence-corrected chi connectivity index (χ3v) is 3.59. The van der Waals surface area contributed by atoms with Gasteiger partial charge in [0.2, 0.25) is 0 Å². The second-order valence-electron chi connectivity index (χ2n) is 4.56. The number of ether oxygens (including phenoxy) is 2. The van der Waals surface area contributed by atoms with Gasteiger partial charge in [-0.15, -0.1) is 0 Å². The molecule has 0 N–H and O–H groups in total. The van der Waals surface area contributed by atoms with Gasteiger partial charge in [0.25, 0.3) is 0 Å². The number of aromatic nitrogens is 2. The first kappa shape index (κ1) is 11.6. The first-order valence-corrected chi connectivity index (χ1v) is 6.19. The van der Waals surface area contributed by atoms with Crippen LogP contribution in [-0.4, -0.2) is 30.3 Å². The van der Waals surface area contributed by atoms with E-state index in [1.165, 1.54) is 0 Å². The van der Waals surface area contributed by atoms with Crippen LogP contribution in [-0.2, 0) is 15.1 Å². The summed E-state index contributed by atoms with van der Waals surface area (Å²) in [5.41, 5.74) is 0.577. The number of hydrogen-bond donors (Lipinski definition) is 0. The molecule has 0 unspecified atom stereocenters. The third-order valence-electron chi connectivity index (χ3n) is 3.59. The maximum absolute atomic E-state index is 5.71. The van der Waals surface area contributed by atoms with Crippen molar-refractivity contribution >= 4 is 10.9 Å². The molecule has 0 bridgehead atoms. The molecule has 0 radical (unpaired) electrons. The molecule has 0 amide bonds. The maximum Gasteiger partial charge on any atom is 0.161 e. The van der Waals surface area contributed by atoms with E-state index in [2.05, 4.69) is 9.97 Å². The van der Waals surface area contributed by atoms with Crippen LogP contribution in [0, 0.1) is 0 Å². The lowest BCUT2D eigenvalue weighted by Gasteiger charge is -2.34. The number of methoxy groups -OCH3 is 1. The van der Waals surface area contributed by atoms with Gasteiger partial charge < -0.3 is 9.47 Å². The average molecular weight is 244 g/mol. The number of fused-ring (bicyclic) bond motifs is 1. The summed E-state index contributed by atoms with van der Waals surface area (Å²) in [4.78, 5) is 9.13. The van der Waals surface area contributed by atoms with E-state index < -0.39 is 0 Å². The largest absolute Gasteiger partial charge is 0.381 e. The summed E-state index contributed by atoms with van der Waals surface area (Å²) in [7, 11) is 1.73. The first-order valence-electron chi connectivity index (χ1n) is 6.19. The van der Waals surface area contributed by atoms with Gasteiger partial charge in [-0.3, -0.25) is 0 Å². The van der Waals surface area contributed by atoms with Crippen LogP contribution < -0.4 is 0 Å². The van der Waals surface area contributed by atoms with Gasteiger partial charge in [0.1, 0.15) is 5.60 Å². The SMILES string of the molecule is COC1(c2ncc3ccccc3n2)CCOCC1. The Morgan fingerprint density at radius 2 is 2.00 bits per heavy atom. The van der Waals surface area contributed by atoms with Crippen LogP contribution in [0.3, 0.4) is 0 Å². The first-order chi connectivity index (χ1) is 8.84. The Morgan fingerprint density at radius 3 is 2.78 bits per heavy atom. The van der Waals surface area contributed by atoms with Gasteiger partial charge in [-0.25, -0.2) is 9.97 Å². The van der Waals surface area contributed by atoms with Crippen molar-refractivity contribution < 1.29 is 9.47 Å². The Hall–Kier alpha value is -1.52. The molecular weight excluding hydrogens is 228 g/mol. The molecule has 2 heterocycles. The van der Waals surface area contributed by atoms with Crippen molar-refractivity contribution in [3.05, 3.63) is 36.3 Å². The van der Waals surface area contributed by atoms with E-state index in [-0.39, 0.29) is 5.60 Å². The van der Waals surface area contributed by atoms with Crippen LogP contribution in [0.1, 0.15) is 18.7 Å². The second kappa shape index (κ2) is 4.63. The van der Waals surface area contributed by atoms with Crippen molar-refractivity contribution in [1.82, 2.24) is 9.97 Å². The fourth-order valence-corrected chi connectivity index (χ4v) is 2.41. The Kier molecular flexibility index (Phi) is 2.97. The van der Waals surface area contributed by atoms with E-state index in [1.54, 1.807) is 7.11 Å². The highest BCUT2D eigenvalue weighted by Gasteiger charge is 2.37. The molecule has 4 nitrogen and oxygen atoms in total. The van der Waals surface area contributed by atoms with Crippen LogP contribution in [0.5, 0.6) is 0 Å². The molecule has 1 aromatic carbocycles. The van der Waals surface area contributed by atoms with Crippen LogP contribution >= 0.6 is 0 Å². The highest BCUT2D eigenvalue weighted by Crippen LogP contribution is 2.33. The van der Waals surface area contributed by atoms with E-state index in [0.29, 0.717) is 13.2 Å².